The lowest BCUT2D eigenvalue weighted by Crippen LogP contribution is -2.22. The van der Waals surface area contributed by atoms with Crippen LogP contribution in [0.15, 0.2) is 24.3 Å². The van der Waals surface area contributed by atoms with E-state index in [-0.39, 0.29) is 0 Å². The summed E-state index contributed by atoms with van der Waals surface area (Å²) in [6.07, 6.45) is 0.739. The van der Waals surface area contributed by atoms with Crippen LogP contribution < -0.4 is 0 Å². The molecular weight excluding hydrogens is 268 g/mol. The fourth-order valence-corrected chi connectivity index (χ4v) is 3.13. The zero-order valence-corrected chi connectivity index (χ0v) is 12.6. The minimum Gasteiger partial charge on any atom is -0.450 e. The van der Waals surface area contributed by atoms with Crippen molar-refractivity contribution in [1.29, 1.82) is 0 Å². The Morgan fingerprint density at radius 3 is 2.43 bits per heavy atom. The first-order valence-electron chi connectivity index (χ1n) is 7.19. The summed E-state index contributed by atoms with van der Waals surface area (Å²) in [5.41, 5.74) is 2.61. The number of aromatic nitrogens is 2. The molecule has 1 fully saturated rings. The van der Waals surface area contributed by atoms with Crippen LogP contribution in [0, 0.1) is 11.3 Å². The molecule has 114 valence electrons. The van der Waals surface area contributed by atoms with E-state index in [0.717, 1.165) is 17.0 Å². The second-order valence-electron chi connectivity index (χ2n) is 6.27. The van der Waals surface area contributed by atoms with Crippen LogP contribution in [-0.4, -0.2) is 26.3 Å². The van der Waals surface area contributed by atoms with E-state index < -0.39 is 6.16 Å². The molecule has 1 aromatic heterocycles. The van der Waals surface area contributed by atoms with Crippen molar-refractivity contribution in [1.82, 2.24) is 9.97 Å². The van der Waals surface area contributed by atoms with E-state index in [9.17, 15) is 0 Å². The summed E-state index contributed by atoms with van der Waals surface area (Å²) >= 11 is 0. The van der Waals surface area contributed by atoms with Gasteiger partial charge in [-0.3, -0.25) is 0 Å². The number of nitrogens with zero attached hydrogens (tertiary/aromatic N) is 1. The smallest absolute Gasteiger partial charge is 0.450 e. The first-order valence-corrected chi connectivity index (χ1v) is 7.19. The zero-order valence-electron chi connectivity index (χ0n) is 12.6. The number of H-pyrrole nitrogens is 1. The maximum absolute atomic E-state index is 8.56. The van der Waals surface area contributed by atoms with Gasteiger partial charge in [-0.25, -0.2) is 9.78 Å². The molecule has 0 aliphatic heterocycles. The molecule has 0 radical (unpaired) electrons. The van der Waals surface area contributed by atoms with Gasteiger partial charge in [0.1, 0.15) is 5.82 Å². The lowest BCUT2D eigenvalue weighted by atomic mass is 9.76. The SMILES string of the molecule is C[C@@H]1CC[C@H](c2nc3ccccc3[nH]2)C1(C)C.O=C(O)O. The van der Waals surface area contributed by atoms with Crippen molar-refractivity contribution < 1.29 is 15.0 Å². The zero-order chi connectivity index (χ0) is 15.6. The maximum Gasteiger partial charge on any atom is 0.503 e. The molecule has 21 heavy (non-hydrogen) atoms. The van der Waals surface area contributed by atoms with E-state index in [1.54, 1.807) is 0 Å². The van der Waals surface area contributed by atoms with Gasteiger partial charge in [0.25, 0.3) is 0 Å². The van der Waals surface area contributed by atoms with E-state index in [4.69, 9.17) is 20.0 Å². The van der Waals surface area contributed by atoms with E-state index in [1.807, 2.05) is 0 Å². The van der Waals surface area contributed by atoms with Gasteiger partial charge in [-0.15, -0.1) is 0 Å². The fraction of sp³-hybridized carbons (Fsp3) is 0.500. The van der Waals surface area contributed by atoms with E-state index in [0.29, 0.717) is 11.3 Å². The number of carboxylic acid groups (broad SMARTS) is 2. The summed E-state index contributed by atoms with van der Waals surface area (Å²) < 4.78 is 0. The predicted octanol–water partition coefficient (Wildman–Crippen LogP) is 4.33. The molecule has 5 heteroatoms. The highest BCUT2D eigenvalue weighted by molar-refractivity contribution is 5.74. The number of hydrogen-bond donors (Lipinski definition) is 3. The number of hydrogen-bond acceptors (Lipinski definition) is 2. The number of nitrogens with one attached hydrogen (secondary N) is 1. The van der Waals surface area contributed by atoms with Crippen molar-refractivity contribution in [3.8, 4) is 0 Å². The molecule has 1 aliphatic rings. The van der Waals surface area contributed by atoms with Crippen molar-refractivity contribution in [2.24, 2.45) is 11.3 Å². The van der Waals surface area contributed by atoms with Crippen LogP contribution >= 0.6 is 0 Å². The van der Waals surface area contributed by atoms with Gasteiger partial charge in [0.15, 0.2) is 0 Å². The topological polar surface area (TPSA) is 86.2 Å². The van der Waals surface area contributed by atoms with Gasteiger partial charge in [0.05, 0.1) is 11.0 Å². The summed E-state index contributed by atoms with van der Waals surface area (Å²) in [7, 11) is 0. The van der Waals surface area contributed by atoms with Crippen molar-refractivity contribution in [3.05, 3.63) is 30.1 Å². The molecule has 5 nitrogen and oxygen atoms in total. The standard InChI is InChI=1S/C15H20N2.CH2O3/c1-10-8-9-11(15(10,2)3)14-16-12-6-4-5-7-13(12)17-14;2-1(3)4/h4-7,10-11H,8-9H2,1-3H3,(H,16,17);(H2,2,3,4)/t10-,11-;/m1./s1. The van der Waals surface area contributed by atoms with Gasteiger partial charge in [-0.05, 0) is 36.3 Å². The third-order valence-electron chi connectivity index (χ3n) is 4.79. The van der Waals surface area contributed by atoms with Crippen LogP contribution in [0.1, 0.15) is 45.4 Å². The molecule has 3 N–H and O–H groups in total. The third-order valence-corrected chi connectivity index (χ3v) is 4.79. The number of benzene rings is 1. The predicted molar refractivity (Wildman–Crippen MR) is 81.7 cm³/mol. The van der Waals surface area contributed by atoms with Crippen molar-refractivity contribution >= 4 is 17.2 Å². The van der Waals surface area contributed by atoms with Gasteiger partial charge in [0, 0.05) is 5.92 Å². The molecule has 0 saturated heterocycles. The van der Waals surface area contributed by atoms with E-state index in [2.05, 4.69) is 50.0 Å². The molecule has 1 aliphatic carbocycles. The summed E-state index contributed by atoms with van der Waals surface area (Å²) in [6, 6.07) is 8.31. The molecule has 1 aromatic carbocycles. The Morgan fingerprint density at radius 1 is 1.29 bits per heavy atom. The lowest BCUT2D eigenvalue weighted by molar-refractivity contribution is 0.137. The van der Waals surface area contributed by atoms with Gasteiger partial charge < -0.3 is 15.2 Å². The van der Waals surface area contributed by atoms with Crippen LogP contribution in [0.5, 0.6) is 0 Å². The highest BCUT2D eigenvalue weighted by atomic mass is 16.6. The quantitative estimate of drug-likeness (QED) is 0.729. The van der Waals surface area contributed by atoms with Gasteiger partial charge in [-0.1, -0.05) is 32.9 Å². The number of carbonyl (C=O) groups is 1. The van der Waals surface area contributed by atoms with Gasteiger partial charge in [-0.2, -0.15) is 0 Å². The van der Waals surface area contributed by atoms with Crippen LogP contribution in [0.3, 0.4) is 0 Å². The maximum atomic E-state index is 8.56. The van der Waals surface area contributed by atoms with Crippen LogP contribution in [0.2, 0.25) is 0 Å². The molecule has 1 saturated carbocycles. The lowest BCUT2D eigenvalue weighted by Gasteiger charge is -2.29. The van der Waals surface area contributed by atoms with E-state index >= 15 is 0 Å². The van der Waals surface area contributed by atoms with Crippen molar-refractivity contribution in [3.63, 3.8) is 0 Å². The van der Waals surface area contributed by atoms with E-state index in [1.165, 1.54) is 18.7 Å². The molecule has 0 bridgehead atoms. The Kier molecular flexibility index (Phi) is 4.21. The number of para-hydroxylation sites is 2. The Morgan fingerprint density at radius 2 is 1.90 bits per heavy atom. The highest BCUT2D eigenvalue weighted by Crippen LogP contribution is 2.51. The van der Waals surface area contributed by atoms with Crippen molar-refractivity contribution in [2.45, 2.75) is 39.5 Å². The highest BCUT2D eigenvalue weighted by Gasteiger charge is 2.42. The molecule has 2 atom stereocenters. The number of imidazole rings is 1. The fourth-order valence-electron chi connectivity index (χ4n) is 3.13. The number of fused-ring (bicyclic) bond motifs is 1. The Hall–Kier alpha value is -2.04. The molecule has 0 amide bonds. The average Bonchev–Trinajstić information content (AvgIpc) is 2.90. The monoisotopic (exact) mass is 290 g/mol. The van der Waals surface area contributed by atoms with Crippen molar-refractivity contribution in [2.75, 3.05) is 0 Å². The number of aromatic amines is 1. The third kappa shape index (κ3) is 3.17. The number of rotatable bonds is 1. The minimum atomic E-state index is -1.83. The first kappa shape index (κ1) is 15.4. The molecular formula is C16H22N2O3. The molecule has 0 unspecified atom stereocenters. The largest absolute Gasteiger partial charge is 0.503 e. The Labute approximate surface area is 124 Å². The molecule has 1 heterocycles. The minimum absolute atomic E-state index is 0.355. The summed E-state index contributed by atoms with van der Waals surface area (Å²) in [6.45, 7) is 7.12. The second kappa shape index (κ2) is 5.76. The normalized spacial score (nSPS) is 23.6. The Balaban J connectivity index is 0.000000361. The van der Waals surface area contributed by atoms with Crippen LogP contribution in [0.4, 0.5) is 4.79 Å². The molecule has 2 aromatic rings. The van der Waals surface area contributed by atoms with Gasteiger partial charge >= 0.3 is 6.16 Å². The first-order chi connectivity index (χ1) is 9.82. The summed E-state index contributed by atoms with van der Waals surface area (Å²) in [4.78, 5) is 16.8. The van der Waals surface area contributed by atoms with Crippen LogP contribution in [0.25, 0.3) is 11.0 Å². The molecule has 3 rings (SSSR count). The summed E-state index contributed by atoms with van der Waals surface area (Å²) in [5, 5.41) is 13.9. The van der Waals surface area contributed by atoms with Crippen LogP contribution in [-0.2, 0) is 0 Å². The average molecular weight is 290 g/mol. The Bertz CT molecular complexity index is 596. The van der Waals surface area contributed by atoms with Gasteiger partial charge in [0.2, 0.25) is 0 Å². The molecule has 0 spiro atoms. The summed E-state index contributed by atoms with van der Waals surface area (Å²) in [5.74, 6) is 2.53. The second-order valence-corrected chi connectivity index (χ2v) is 6.27.